The Hall–Kier alpha value is -2.74. The Balaban J connectivity index is 1.59. The molecule has 0 saturated heterocycles. The lowest BCUT2D eigenvalue weighted by molar-refractivity contribution is 0.0834. The van der Waals surface area contributed by atoms with Crippen LogP contribution < -0.4 is 10.9 Å². The molecular formula is C21H21ClN4O3. The first-order chi connectivity index (χ1) is 14.0. The fourth-order valence-electron chi connectivity index (χ4n) is 3.45. The number of aliphatic hydroxyl groups is 2. The van der Waals surface area contributed by atoms with E-state index in [2.05, 4.69) is 15.3 Å². The fourth-order valence-corrected chi connectivity index (χ4v) is 3.65. The van der Waals surface area contributed by atoms with E-state index in [4.69, 9.17) is 11.6 Å². The van der Waals surface area contributed by atoms with Crippen molar-refractivity contribution in [1.82, 2.24) is 14.5 Å². The molecular weight excluding hydrogens is 392 g/mol. The molecule has 1 saturated carbocycles. The molecule has 2 heterocycles. The van der Waals surface area contributed by atoms with Crippen LogP contribution in [0.25, 0.3) is 11.3 Å². The summed E-state index contributed by atoms with van der Waals surface area (Å²) >= 11 is 6.05. The number of hydrogen-bond donors (Lipinski definition) is 3. The van der Waals surface area contributed by atoms with Crippen molar-refractivity contribution in [3.05, 3.63) is 75.8 Å². The number of anilines is 1. The third-order valence-corrected chi connectivity index (χ3v) is 5.32. The Morgan fingerprint density at radius 3 is 2.76 bits per heavy atom. The molecule has 3 aromatic rings. The maximum Gasteiger partial charge on any atom is 0.251 e. The molecule has 1 atom stereocenters. The fraction of sp³-hybridized carbons (Fsp3) is 0.286. The van der Waals surface area contributed by atoms with Crippen LogP contribution in [-0.4, -0.2) is 43.5 Å². The molecule has 29 heavy (non-hydrogen) atoms. The van der Waals surface area contributed by atoms with Gasteiger partial charge in [-0.25, -0.2) is 9.97 Å². The van der Waals surface area contributed by atoms with Gasteiger partial charge in [0.1, 0.15) is 0 Å². The molecule has 7 nitrogen and oxygen atoms in total. The number of pyridine rings is 1. The van der Waals surface area contributed by atoms with Gasteiger partial charge in [0.2, 0.25) is 5.95 Å². The number of halogens is 1. The van der Waals surface area contributed by atoms with Gasteiger partial charge in [-0.2, -0.15) is 0 Å². The number of rotatable bonds is 6. The van der Waals surface area contributed by atoms with Crippen LogP contribution in [0.1, 0.15) is 24.4 Å². The van der Waals surface area contributed by atoms with Crippen molar-refractivity contribution in [1.29, 1.82) is 0 Å². The maximum absolute atomic E-state index is 12.8. The van der Waals surface area contributed by atoms with Gasteiger partial charge in [-0.1, -0.05) is 23.7 Å². The zero-order chi connectivity index (χ0) is 20.4. The van der Waals surface area contributed by atoms with Gasteiger partial charge in [0.05, 0.1) is 24.4 Å². The zero-order valence-corrected chi connectivity index (χ0v) is 16.3. The minimum Gasteiger partial charge on any atom is -0.394 e. The van der Waals surface area contributed by atoms with E-state index < -0.39 is 6.04 Å². The summed E-state index contributed by atoms with van der Waals surface area (Å²) in [5.74, 6) is 0.468. The minimum absolute atomic E-state index is 0.163. The van der Waals surface area contributed by atoms with E-state index in [-0.39, 0.29) is 24.3 Å². The van der Waals surface area contributed by atoms with E-state index in [1.807, 2.05) is 6.07 Å². The van der Waals surface area contributed by atoms with Crippen LogP contribution >= 0.6 is 11.6 Å². The van der Waals surface area contributed by atoms with Gasteiger partial charge in [0.15, 0.2) is 0 Å². The molecule has 0 spiro atoms. The zero-order valence-electron chi connectivity index (χ0n) is 15.6. The number of hydrogen-bond acceptors (Lipinski definition) is 6. The van der Waals surface area contributed by atoms with Crippen LogP contribution in [0.4, 0.5) is 5.95 Å². The summed E-state index contributed by atoms with van der Waals surface area (Å²) in [6, 6.07) is 11.8. The quantitative estimate of drug-likeness (QED) is 0.575. The van der Waals surface area contributed by atoms with Crippen LogP contribution in [-0.2, 0) is 0 Å². The van der Waals surface area contributed by atoms with Crippen molar-refractivity contribution in [2.45, 2.75) is 31.0 Å². The SMILES string of the molecule is O=c1cc(-c2ccnc(N[C@H]3C[C@@H](O)C3)n2)ccn1C(CO)c1cccc(Cl)c1. The number of nitrogens with one attached hydrogen (secondary N) is 1. The number of benzene rings is 1. The molecule has 0 radical (unpaired) electrons. The number of nitrogens with zero attached hydrogens (tertiary/aromatic N) is 3. The molecule has 3 N–H and O–H groups in total. The van der Waals surface area contributed by atoms with Crippen molar-refractivity contribution < 1.29 is 10.2 Å². The lowest BCUT2D eigenvalue weighted by Crippen LogP contribution is -2.39. The summed E-state index contributed by atoms with van der Waals surface area (Å²) in [7, 11) is 0. The van der Waals surface area contributed by atoms with E-state index in [1.54, 1.807) is 42.7 Å². The predicted octanol–water partition coefficient (Wildman–Crippen LogP) is 2.48. The van der Waals surface area contributed by atoms with E-state index in [0.29, 0.717) is 35.1 Å². The van der Waals surface area contributed by atoms with Crippen molar-refractivity contribution in [3.8, 4) is 11.3 Å². The molecule has 1 unspecified atom stereocenters. The topological polar surface area (TPSA) is 100 Å². The smallest absolute Gasteiger partial charge is 0.251 e. The standard InChI is InChI=1S/C21H21ClN4O3/c22-15-3-1-2-14(8-15)19(12-27)26-7-5-13(9-20(26)29)18-4-6-23-21(25-18)24-16-10-17(28)11-16/h1-9,16-17,19,27-28H,10-12H2,(H,23,24,25)/t16-,17+,19?. The highest BCUT2D eigenvalue weighted by Crippen LogP contribution is 2.24. The van der Waals surface area contributed by atoms with Crippen LogP contribution in [0.15, 0.2) is 59.7 Å². The van der Waals surface area contributed by atoms with E-state index >= 15 is 0 Å². The highest BCUT2D eigenvalue weighted by Gasteiger charge is 2.27. The monoisotopic (exact) mass is 412 g/mol. The van der Waals surface area contributed by atoms with Crippen molar-refractivity contribution >= 4 is 17.5 Å². The average molecular weight is 413 g/mol. The first-order valence-electron chi connectivity index (χ1n) is 9.40. The maximum atomic E-state index is 12.8. The van der Waals surface area contributed by atoms with Gasteiger partial charge < -0.3 is 20.1 Å². The molecule has 4 rings (SSSR count). The van der Waals surface area contributed by atoms with Crippen LogP contribution in [0, 0.1) is 0 Å². The summed E-state index contributed by atoms with van der Waals surface area (Å²) in [5.41, 5.74) is 1.78. The third-order valence-electron chi connectivity index (χ3n) is 5.09. The Morgan fingerprint density at radius 1 is 1.24 bits per heavy atom. The molecule has 1 aliphatic rings. The lowest BCUT2D eigenvalue weighted by Gasteiger charge is -2.31. The molecule has 0 amide bonds. The highest BCUT2D eigenvalue weighted by atomic mass is 35.5. The predicted molar refractivity (Wildman–Crippen MR) is 111 cm³/mol. The highest BCUT2D eigenvalue weighted by molar-refractivity contribution is 6.30. The van der Waals surface area contributed by atoms with Gasteiger partial charge in [0.25, 0.3) is 5.56 Å². The van der Waals surface area contributed by atoms with E-state index in [0.717, 1.165) is 5.56 Å². The lowest BCUT2D eigenvalue weighted by atomic mass is 9.90. The van der Waals surface area contributed by atoms with E-state index in [1.165, 1.54) is 10.6 Å². The first-order valence-corrected chi connectivity index (χ1v) is 9.78. The summed E-state index contributed by atoms with van der Waals surface area (Å²) in [6.07, 6.45) is 4.37. The second-order valence-corrected chi connectivity index (χ2v) is 7.58. The third kappa shape index (κ3) is 4.32. The molecule has 150 valence electrons. The molecule has 1 aromatic carbocycles. The van der Waals surface area contributed by atoms with Gasteiger partial charge >= 0.3 is 0 Å². The number of aliphatic hydroxyl groups excluding tert-OH is 2. The van der Waals surface area contributed by atoms with Crippen molar-refractivity contribution in [2.75, 3.05) is 11.9 Å². The first kappa shape index (κ1) is 19.6. The second kappa shape index (κ2) is 8.32. The summed E-state index contributed by atoms with van der Waals surface area (Å²) in [6.45, 7) is -0.228. The number of aromatic nitrogens is 3. The van der Waals surface area contributed by atoms with Gasteiger partial charge in [-0.15, -0.1) is 0 Å². The largest absolute Gasteiger partial charge is 0.394 e. The molecule has 0 aliphatic heterocycles. The van der Waals surface area contributed by atoms with Gasteiger partial charge in [-0.05, 0) is 42.7 Å². The molecule has 0 bridgehead atoms. The van der Waals surface area contributed by atoms with Gasteiger partial charge in [-0.3, -0.25) is 4.79 Å². The van der Waals surface area contributed by atoms with Crippen molar-refractivity contribution in [3.63, 3.8) is 0 Å². The Kier molecular flexibility index (Phi) is 5.62. The molecule has 1 fully saturated rings. The van der Waals surface area contributed by atoms with Crippen LogP contribution in [0.3, 0.4) is 0 Å². The normalized spacial score (nSPS) is 19.4. The molecule has 8 heteroatoms. The van der Waals surface area contributed by atoms with Crippen LogP contribution in [0.2, 0.25) is 5.02 Å². The summed E-state index contributed by atoms with van der Waals surface area (Å²) < 4.78 is 1.48. The van der Waals surface area contributed by atoms with E-state index in [9.17, 15) is 15.0 Å². The molecule has 1 aliphatic carbocycles. The summed E-state index contributed by atoms with van der Waals surface area (Å²) in [5, 5.41) is 23.0. The molecule has 2 aromatic heterocycles. The Morgan fingerprint density at radius 2 is 2.07 bits per heavy atom. The Bertz CT molecular complexity index is 1070. The average Bonchev–Trinajstić information content (AvgIpc) is 2.69. The van der Waals surface area contributed by atoms with Crippen LogP contribution in [0.5, 0.6) is 0 Å². The summed E-state index contributed by atoms with van der Waals surface area (Å²) in [4.78, 5) is 21.4. The van der Waals surface area contributed by atoms with Crippen molar-refractivity contribution in [2.24, 2.45) is 0 Å². The second-order valence-electron chi connectivity index (χ2n) is 7.15. The van der Waals surface area contributed by atoms with Gasteiger partial charge in [0, 0.05) is 35.1 Å². The minimum atomic E-state index is -0.525. The Labute approximate surface area is 172 Å².